The van der Waals surface area contributed by atoms with E-state index in [0.29, 0.717) is 37.0 Å². The lowest BCUT2D eigenvalue weighted by Crippen LogP contribution is -2.42. The van der Waals surface area contributed by atoms with Crippen LogP contribution in [0.3, 0.4) is 0 Å². The first-order chi connectivity index (χ1) is 11.9. The molecule has 1 unspecified atom stereocenters. The second kappa shape index (κ2) is 6.21. The summed E-state index contributed by atoms with van der Waals surface area (Å²) in [5.74, 6) is 0.438. The molecule has 6 nitrogen and oxygen atoms in total. The van der Waals surface area contributed by atoms with Gasteiger partial charge < -0.3 is 15.2 Å². The van der Waals surface area contributed by atoms with Crippen LogP contribution in [0.25, 0.3) is 5.52 Å². The summed E-state index contributed by atoms with van der Waals surface area (Å²) in [6, 6.07) is 1.45. The maximum atomic E-state index is 14.3. The topological polar surface area (TPSA) is 71.7 Å². The number of rotatable bonds is 3. The molecular weight excluding hydrogens is 323 g/mol. The van der Waals surface area contributed by atoms with Crippen molar-refractivity contribution in [1.82, 2.24) is 14.6 Å². The number of hydrogen-bond donors (Lipinski definition) is 2. The Morgan fingerprint density at radius 1 is 1.40 bits per heavy atom. The van der Waals surface area contributed by atoms with Gasteiger partial charge >= 0.3 is 0 Å². The van der Waals surface area contributed by atoms with E-state index in [-0.39, 0.29) is 17.3 Å². The van der Waals surface area contributed by atoms with Gasteiger partial charge in [0.1, 0.15) is 5.52 Å². The number of ether oxygens (including phenoxy) is 1. The van der Waals surface area contributed by atoms with Crippen LogP contribution in [-0.4, -0.2) is 45.1 Å². The second-order valence-electron chi connectivity index (χ2n) is 8.08. The molecule has 0 amide bonds. The first-order valence-corrected chi connectivity index (χ1v) is 8.99. The van der Waals surface area contributed by atoms with Gasteiger partial charge in [0, 0.05) is 18.2 Å². The molecule has 0 aromatic carbocycles. The van der Waals surface area contributed by atoms with E-state index >= 15 is 0 Å². The van der Waals surface area contributed by atoms with Gasteiger partial charge in [0.05, 0.1) is 24.9 Å². The fraction of sp³-hybridized carbons (Fsp3) is 0.667. The molecule has 2 N–H and O–H groups in total. The third kappa shape index (κ3) is 3.22. The molecule has 0 bridgehead atoms. The third-order valence-electron chi connectivity index (χ3n) is 5.52. The Morgan fingerprint density at radius 2 is 2.24 bits per heavy atom. The average Bonchev–Trinajstić information content (AvgIpc) is 3.09. The van der Waals surface area contributed by atoms with Crippen LogP contribution in [0.15, 0.2) is 12.3 Å². The van der Waals surface area contributed by atoms with E-state index < -0.39 is 6.10 Å². The van der Waals surface area contributed by atoms with Crippen molar-refractivity contribution in [1.29, 1.82) is 0 Å². The van der Waals surface area contributed by atoms with Crippen LogP contribution in [0.5, 0.6) is 0 Å². The van der Waals surface area contributed by atoms with E-state index in [9.17, 15) is 9.50 Å². The highest BCUT2D eigenvalue weighted by Crippen LogP contribution is 2.46. The van der Waals surface area contributed by atoms with E-state index in [1.807, 2.05) is 0 Å². The first kappa shape index (κ1) is 16.7. The van der Waals surface area contributed by atoms with Crippen LogP contribution in [0.4, 0.5) is 10.3 Å². The number of fused-ring (bicyclic) bond motifs is 1. The summed E-state index contributed by atoms with van der Waals surface area (Å²) in [4.78, 5) is 4.23. The number of halogens is 1. The molecule has 2 aromatic rings. The molecule has 1 aliphatic carbocycles. The van der Waals surface area contributed by atoms with Gasteiger partial charge in [-0.1, -0.05) is 13.8 Å². The standard InChI is InChI=1S/C18H25FN4O2/c1-18(2)5-3-11(8-18)14-7-12(19)15-9-20-17(22-23(14)15)21-13-4-6-25-10-16(13)24/h7,9,11,13,16,24H,3-6,8,10H2,1-2H3,(H,21,22)/t11?,13-,16-/m1/s1. The van der Waals surface area contributed by atoms with Crippen molar-refractivity contribution in [3.8, 4) is 0 Å². The van der Waals surface area contributed by atoms with Crippen molar-refractivity contribution in [3.05, 3.63) is 23.8 Å². The van der Waals surface area contributed by atoms with Crippen molar-refractivity contribution in [2.45, 2.75) is 57.6 Å². The molecule has 0 radical (unpaired) electrons. The minimum absolute atomic E-state index is 0.152. The first-order valence-electron chi connectivity index (χ1n) is 8.99. The van der Waals surface area contributed by atoms with Gasteiger partial charge in [0.2, 0.25) is 5.95 Å². The zero-order valence-corrected chi connectivity index (χ0v) is 14.7. The van der Waals surface area contributed by atoms with E-state index in [2.05, 4.69) is 29.2 Å². The molecular formula is C18H25FN4O2. The highest BCUT2D eigenvalue weighted by Gasteiger charge is 2.34. The van der Waals surface area contributed by atoms with Gasteiger partial charge in [-0.2, -0.15) is 0 Å². The lowest BCUT2D eigenvalue weighted by Gasteiger charge is -2.28. The minimum Gasteiger partial charge on any atom is -0.389 e. The number of aliphatic hydroxyl groups excluding tert-OH is 1. The van der Waals surface area contributed by atoms with Crippen LogP contribution in [0.2, 0.25) is 0 Å². The van der Waals surface area contributed by atoms with Crippen molar-refractivity contribution in [2.75, 3.05) is 18.5 Å². The fourth-order valence-electron chi connectivity index (χ4n) is 4.08. The molecule has 1 saturated heterocycles. The quantitative estimate of drug-likeness (QED) is 0.892. The van der Waals surface area contributed by atoms with Crippen LogP contribution >= 0.6 is 0 Å². The summed E-state index contributed by atoms with van der Waals surface area (Å²) in [5.41, 5.74) is 1.60. The summed E-state index contributed by atoms with van der Waals surface area (Å²) in [6.07, 6.45) is 4.82. The van der Waals surface area contributed by atoms with E-state index in [1.54, 1.807) is 10.6 Å². The predicted molar refractivity (Wildman–Crippen MR) is 92.2 cm³/mol. The highest BCUT2D eigenvalue weighted by molar-refractivity contribution is 5.50. The molecule has 3 atom stereocenters. The Kier molecular flexibility index (Phi) is 4.16. The smallest absolute Gasteiger partial charge is 0.241 e. The summed E-state index contributed by atoms with van der Waals surface area (Å²) in [7, 11) is 0. The van der Waals surface area contributed by atoms with Crippen molar-refractivity contribution in [2.24, 2.45) is 5.41 Å². The summed E-state index contributed by atoms with van der Waals surface area (Å²) in [6.45, 7) is 5.42. The SMILES string of the molecule is CC1(C)CCC(c2cc(F)c3cnc(N[C@@H]4CCOC[C@H]4O)nn23)C1. The Balaban J connectivity index is 1.64. The van der Waals surface area contributed by atoms with Gasteiger partial charge in [0.15, 0.2) is 5.82 Å². The predicted octanol–water partition coefficient (Wildman–Crippen LogP) is 2.72. The molecule has 0 spiro atoms. The molecule has 1 aliphatic heterocycles. The van der Waals surface area contributed by atoms with Gasteiger partial charge in [-0.25, -0.2) is 13.9 Å². The maximum Gasteiger partial charge on any atom is 0.241 e. The van der Waals surface area contributed by atoms with E-state index in [1.165, 1.54) is 6.20 Å². The van der Waals surface area contributed by atoms with Crippen LogP contribution < -0.4 is 5.32 Å². The van der Waals surface area contributed by atoms with Gasteiger partial charge in [-0.05, 0) is 37.2 Å². The summed E-state index contributed by atoms with van der Waals surface area (Å²) in [5, 5.41) is 17.7. The molecule has 4 rings (SSSR count). The highest BCUT2D eigenvalue weighted by atomic mass is 19.1. The summed E-state index contributed by atoms with van der Waals surface area (Å²) < 4.78 is 21.3. The maximum absolute atomic E-state index is 14.3. The lowest BCUT2D eigenvalue weighted by atomic mass is 9.90. The zero-order valence-electron chi connectivity index (χ0n) is 14.7. The van der Waals surface area contributed by atoms with Gasteiger partial charge in [-0.3, -0.25) is 0 Å². The van der Waals surface area contributed by atoms with Crippen molar-refractivity contribution < 1.29 is 14.2 Å². The van der Waals surface area contributed by atoms with Crippen LogP contribution in [-0.2, 0) is 4.74 Å². The van der Waals surface area contributed by atoms with Crippen molar-refractivity contribution in [3.63, 3.8) is 0 Å². The molecule has 3 heterocycles. The Hall–Kier alpha value is -1.73. The largest absolute Gasteiger partial charge is 0.389 e. The fourth-order valence-corrected chi connectivity index (χ4v) is 4.08. The zero-order chi connectivity index (χ0) is 17.6. The van der Waals surface area contributed by atoms with Crippen LogP contribution in [0.1, 0.15) is 51.1 Å². The van der Waals surface area contributed by atoms with E-state index in [4.69, 9.17) is 4.74 Å². The van der Waals surface area contributed by atoms with Gasteiger partial charge in [-0.15, -0.1) is 5.10 Å². The summed E-state index contributed by atoms with van der Waals surface area (Å²) >= 11 is 0. The lowest BCUT2D eigenvalue weighted by molar-refractivity contribution is -0.0136. The number of aliphatic hydroxyl groups is 1. The number of aromatic nitrogens is 3. The molecule has 1 saturated carbocycles. The molecule has 2 fully saturated rings. The number of hydrogen-bond acceptors (Lipinski definition) is 5. The Morgan fingerprint density at radius 3 is 2.96 bits per heavy atom. The molecule has 2 aliphatic rings. The third-order valence-corrected chi connectivity index (χ3v) is 5.52. The number of anilines is 1. The monoisotopic (exact) mass is 348 g/mol. The average molecular weight is 348 g/mol. The number of nitrogens with one attached hydrogen (secondary N) is 1. The van der Waals surface area contributed by atoms with E-state index in [0.717, 1.165) is 25.0 Å². The number of nitrogens with zero attached hydrogens (tertiary/aromatic N) is 3. The normalized spacial score (nSPS) is 29.2. The van der Waals surface area contributed by atoms with Crippen LogP contribution in [0, 0.1) is 11.2 Å². The molecule has 136 valence electrons. The Bertz CT molecular complexity index is 776. The van der Waals surface area contributed by atoms with Crippen molar-refractivity contribution >= 4 is 11.5 Å². The second-order valence-corrected chi connectivity index (χ2v) is 8.08. The minimum atomic E-state index is -0.593. The molecule has 7 heteroatoms. The molecule has 2 aromatic heterocycles. The van der Waals surface area contributed by atoms with Gasteiger partial charge in [0.25, 0.3) is 0 Å². The molecule has 25 heavy (non-hydrogen) atoms. The Labute approximate surface area is 146 Å².